The summed E-state index contributed by atoms with van der Waals surface area (Å²) in [7, 11) is 0. The lowest BCUT2D eigenvalue weighted by molar-refractivity contribution is -0.385. The molecule has 0 radical (unpaired) electrons. The molecule has 6 heteroatoms. The lowest BCUT2D eigenvalue weighted by atomic mass is 10.1. The molecular formula is C12H12N4O2. The monoisotopic (exact) mass is 244 g/mol. The Hall–Kier alpha value is -2.50. The summed E-state index contributed by atoms with van der Waals surface area (Å²) in [5.41, 5.74) is 7.57. The first-order valence-corrected chi connectivity index (χ1v) is 5.34. The highest BCUT2D eigenvalue weighted by Crippen LogP contribution is 2.26. The van der Waals surface area contributed by atoms with Crippen molar-refractivity contribution in [3.63, 3.8) is 0 Å². The van der Waals surface area contributed by atoms with E-state index in [0.29, 0.717) is 28.5 Å². The van der Waals surface area contributed by atoms with Crippen LogP contribution in [-0.4, -0.2) is 14.9 Å². The van der Waals surface area contributed by atoms with Gasteiger partial charge in [-0.25, -0.2) is 9.97 Å². The van der Waals surface area contributed by atoms with Crippen LogP contribution >= 0.6 is 0 Å². The molecule has 0 saturated carbocycles. The van der Waals surface area contributed by atoms with Gasteiger partial charge in [0.25, 0.3) is 5.69 Å². The van der Waals surface area contributed by atoms with Crippen LogP contribution in [0.3, 0.4) is 0 Å². The molecule has 1 aromatic heterocycles. The van der Waals surface area contributed by atoms with E-state index >= 15 is 0 Å². The molecule has 0 aliphatic carbocycles. The number of aryl methyl sites for hydroxylation is 2. The Kier molecular flexibility index (Phi) is 2.93. The number of rotatable bonds is 2. The summed E-state index contributed by atoms with van der Waals surface area (Å²) in [4.78, 5) is 18.7. The second-order valence-electron chi connectivity index (χ2n) is 3.98. The van der Waals surface area contributed by atoms with Gasteiger partial charge in [-0.05, 0) is 13.8 Å². The fourth-order valence-corrected chi connectivity index (χ4v) is 1.70. The molecule has 6 nitrogen and oxygen atoms in total. The minimum atomic E-state index is -0.407. The molecule has 0 aliphatic heterocycles. The average molecular weight is 244 g/mol. The Morgan fingerprint density at radius 2 is 1.94 bits per heavy atom. The first-order chi connectivity index (χ1) is 8.47. The van der Waals surface area contributed by atoms with Gasteiger partial charge in [0, 0.05) is 23.3 Å². The fraction of sp³-hybridized carbons (Fsp3) is 0.167. The maximum Gasteiger partial charge on any atom is 0.272 e. The maximum absolute atomic E-state index is 10.9. The van der Waals surface area contributed by atoms with E-state index in [1.807, 2.05) is 0 Å². The largest absolute Gasteiger partial charge is 0.384 e. The van der Waals surface area contributed by atoms with Crippen molar-refractivity contribution in [3.05, 3.63) is 45.8 Å². The number of aromatic nitrogens is 2. The number of hydrogen-bond donors (Lipinski definition) is 1. The van der Waals surface area contributed by atoms with Gasteiger partial charge in [-0.3, -0.25) is 10.1 Å². The molecular weight excluding hydrogens is 232 g/mol. The van der Waals surface area contributed by atoms with Crippen LogP contribution in [0.5, 0.6) is 0 Å². The normalized spacial score (nSPS) is 10.3. The predicted octanol–water partition coefficient (Wildman–Crippen LogP) is 2.25. The van der Waals surface area contributed by atoms with E-state index in [9.17, 15) is 10.1 Å². The first kappa shape index (κ1) is 12.0. The molecule has 92 valence electrons. The molecule has 0 spiro atoms. The van der Waals surface area contributed by atoms with Crippen molar-refractivity contribution in [1.82, 2.24) is 9.97 Å². The Bertz CT molecular complexity index is 605. The van der Waals surface area contributed by atoms with Crippen LogP contribution in [0, 0.1) is 24.0 Å². The quantitative estimate of drug-likeness (QED) is 0.645. The highest BCUT2D eigenvalue weighted by atomic mass is 16.6. The first-order valence-electron chi connectivity index (χ1n) is 5.34. The number of nitro groups is 1. The van der Waals surface area contributed by atoms with Gasteiger partial charge >= 0.3 is 0 Å². The molecule has 0 saturated heterocycles. The van der Waals surface area contributed by atoms with Gasteiger partial charge in [0.2, 0.25) is 0 Å². The maximum atomic E-state index is 10.9. The number of hydrogen-bond acceptors (Lipinski definition) is 5. The number of benzene rings is 1. The number of nitrogens with two attached hydrogens (primary N) is 1. The zero-order valence-electron chi connectivity index (χ0n) is 10.0. The van der Waals surface area contributed by atoms with Gasteiger partial charge in [0.15, 0.2) is 0 Å². The standard InChI is InChI=1S/C12H12N4O2/c1-7-3-4-9(5-11(7)16(17)18)10-6-12(13)15-8(2)14-10/h3-6H,1-2H3,(H2,13,14,15). The average Bonchev–Trinajstić information content (AvgIpc) is 2.27. The zero-order valence-corrected chi connectivity index (χ0v) is 10.0. The van der Waals surface area contributed by atoms with E-state index in [2.05, 4.69) is 9.97 Å². The highest BCUT2D eigenvalue weighted by molar-refractivity contribution is 5.66. The number of nitrogens with zero attached hydrogens (tertiary/aromatic N) is 3. The zero-order chi connectivity index (χ0) is 13.3. The second kappa shape index (κ2) is 4.40. The lowest BCUT2D eigenvalue weighted by Gasteiger charge is -2.04. The van der Waals surface area contributed by atoms with Crippen LogP contribution in [0.2, 0.25) is 0 Å². The van der Waals surface area contributed by atoms with E-state index < -0.39 is 4.92 Å². The molecule has 0 unspecified atom stereocenters. The van der Waals surface area contributed by atoms with E-state index in [1.54, 1.807) is 32.0 Å². The SMILES string of the molecule is Cc1nc(N)cc(-c2ccc(C)c([N+](=O)[O-])c2)n1. The molecule has 1 aromatic carbocycles. The molecule has 18 heavy (non-hydrogen) atoms. The number of nitro benzene ring substituents is 1. The summed E-state index contributed by atoms with van der Waals surface area (Å²) in [6.45, 7) is 3.42. The van der Waals surface area contributed by atoms with Gasteiger partial charge in [0.1, 0.15) is 11.6 Å². The van der Waals surface area contributed by atoms with Crippen LogP contribution in [-0.2, 0) is 0 Å². The van der Waals surface area contributed by atoms with E-state index in [-0.39, 0.29) is 5.69 Å². The molecule has 0 bridgehead atoms. The topological polar surface area (TPSA) is 94.9 Å². The van der Waals surface area contributed by atoms with Gasteiger partial charge in [-0.1, -0.05) is 12.1 Å². The minimum absolute atomic E-state index is 0.0716. The fourth-order valence-electron chi connectivity index (χ4n) is 1.70. The molecule has 0 atom stereocenters. The second-order valence-corrected chi connectivity index (χ2v) is 3.98. The van der Waals surface area contributed by atoms with Crippen molar-refractivity contribution < 1.29 is 4.92 Å². The third kappa shape index (κ3) is 2.27. The smallest absolute Gasteiger partial charge is 0.272 e. The van der Waals surface area contributed by atoms with E-state index in [1.165, 1.54) is 6.07 Å². The number of anilines is 1. The summed E-state index contributed by atoms with van der Waals surface area (Å²) in [5.74, 6) is 0.883. The summed E-state index contributed by atoms with van der Waals surface area (Å²) in [6.07, 6.45) is 0. The van der Waals surface area contributed by atoms with E-state index in [0.717, 1.165) is 0 Å². The molecule has 1 heterocycles. The summed E-state index contributed by atoms with van der Waals surface area (Å²) in [6, 6.07) is 6.57. The molecule has 0 aliphatic rings. The highest BCUT2D eigenvalue weighted by Gasteiger charge is 2.13. The molecule has 2 N–H and O–H groups in total. The lowest BCUT2D eigenvalue weighted by Crippen LogP contribution is -1.98. The van der Waals surface area contributed by atoms with E-state index in [4.69, 9.17) is 5.73 Å². The molecule has 0 fully saturated rings. The van der Waals surface area contributed by atoms with Crippen LogP contribution in [0.25, 0.3) is 11.3 Å². The van der Waals surface area contributed by atoms with Crippen LogP contribution in [0.4, 0.5) is 11.5 Å². The van der Waals surface area contributed by atoms with Crippen molar-refractivity contribution in [2.24, 2.45) is 0 Å². The van der Waals surface area contributed by atoms with Crippen molar-refractivity contribution in [3.8, 4) is 11.3 Å². The molecule has 0 amide bonds. The Morgan fingerprint density at radius 3 is 2.56 bits per heavy atom. The molecule has 2 aromatic rings. The third-order valence-corrected chi connectivity index (χ3v) is 2.56. The van der Waals surface area contributed by atoms with Crippen molar-refractivity contribution in [2.45, 2.75) is 13.8 Å². The summed E-state index contributed by atoms with van der Waals surface area (Å²) >= 11 is 0. The van der Waals surface area contributed by atoms with Gasteiger partial charge in [-0.15, -0.1) is 0 Å². The van der Waals surface area contributed by atoms with Crippen LogP contribution < -0.4 is 5.73 Å². The Labute approximate surface area is 104 Å². The summed E-state index contributed by atoms with van der Waals surface area (Å²) in [5, 5.41) is 10.9. The third-order valence-electron chi connectivity index (χ3n) is 2.56. The van der Waals surface area contributed by atoms with Gasteiger partial charge < -0.3 is 5.73 Å². The van der Waals surface area contributed by atoms with Crippen molar-refractivity contribution in [2.75, 3.05) is 5.73 Å². The Morgan fingerprint density at radius 1 is 1.22 bits per heavy atom. The van der Waals surface area contributed by atoms with Gasteiger partial charge in [-0.2, -0.15) is 0 Å². The van der Waals surface area contributed by atoms with Crippen LogP contribution in [0.1, 0.15) is 11.4 Å². The predicted molar refractivity (Wildman–Crippen MR) is 68.0 cm³/mol. The number of nitrogen functional groups attached to an aromatic ring is 1. The Balaban J connectivity index is 2.57. The summed E-state index contributed by atoms with van der Waals surface area (Å²) < 4.78 is 0. The van der Waals surface area contributed by atoms with Crippen molar-refractivity contribution >= 4 is 11.5 Å². The molecule has 2 rings (SSSR count). The minimum Gasteiger partial charge on any atom is -0.384 e. The van der Waals surface area contributed by atoms with Gasteiger partial charge in [0.05, 0.1) is 10.6 Å². The van der Waals surface area contributed by atoms with Crippen molar-refractivity contribution in [1.29, 1.82) is 0 Å². The van der Waals surface area contributed by atoms with Crippen LogP contribution in [0.15, 0.2) is 24.3 Å².